The van der Waals surface area contributed by atoms with Gasteiger partial charge in [0.15, 0.2) is 11.5 Å². The van der Waals surface area contributed by atoms with Gasteiger partial charge in [-0.15, -0.1) is 0 Å². The Hall–Kier alpha value is -2.08. The van der Waals surface area contributed by atoms with Gasteiger partial charge in [0.2, 0.25) is 0 Å². The lowest BCUT2D eigenvalue weighted by molar-refractivity contribution is 0.102. The monoisotopic (exact) mass is 350 g/mol. The van der Waals surface area contributed by atoms with E-state index >= 15 is 0 Å². The van der Waals surface area contributed by atoms with E-state index in [1.807, 2.05) is 13.0 Å². The van der Waals surface area contributed by atoms with E-state index < -0.39 is 0 Å². The van der Waals surface area contributed by atoms with Crippen molar-refractivity contribution in [1.29, 1.82) is 0 Å². The summed E-state index contributed by atoms with van der Waals surface area (Å²) in [6.07, 6.45) is 1.57. The van der Waals surface area contributed by atoms with Crippen LogP contribution in [0.25, 0.3) is 0 Å². The number of benzene rings is 1. The van der Waals surface area contributed by atoms with E-state index in [1.165, 1.54) is 0 Å². The number of halogens is 1. The van der Waals surface area contributed by atoms with E-state index in [0.29, 0.717) is 27.4 Å². The Balaban J connectivity index is 2.29. The normalized spacial score (nSPS) is 10.1. The maximum absolute atomic E-state index is 12.2. The number of anilines is 1. The number of methoxy groups -OCH3 is 2. The summed E-state index contributed by atoms with van der Waals surface area (Å²) < 4.78 is 11.1. The molecular formula is C15H15BrN2O3. The molecule has 1 aromatic carbocycles. The zero-order valence-electron chi connectivity index (χ0n) is 11.9. The quantitative estimate of drug-likeness (QED) is 0.858. The molecular weight excluding hydrogens is 336 g/mol. The number of nitrogens with one attached hydrogen (secondary N) is 1. The van der Waals surface area contributed by atoms with E-state index in [1.54, 1.807) is 38.6 Å². The average Bonchev–Trinajstić information content (AvgIpc) is 2.48. The summed E-state index contributed by atoms with van der Waals surface area (Å²) in [6, 6.07) is 6.86. The van der Waals surface area contributed by atoms with Crippen LogP contribution in [0.2, 0.25) is 0 Å². The van der Waals surface area contributed by atoms with Gasteiger partial charge in [0.1, 0.15) is 4.60 Å². The molecule has 21 heavy (non-hydrogen) atoms. The summed E-state index contributed by atoms with van der Waals surface area (Å²) in [4.78, 5) is 16.2. The second kappa shape index (κ2) is 6.58. The Morgan fingerprint density at radius 2 is 1.86 bits per heavy atom. The van der Waals surface area contributed by atoms with Crippen LogP contribution >= 0.6 is 15.9 Å². The van der Waals surface area contributed by atoms with Crippen LogP contribution in [-0.4, -0.2) is 25.1 Å². The molecule has 5 nitrogen and oxygen atoms in total. The Morgan fingerprint density at radius 3 is 2.48 bits per heavy atom. The summed E-state index contributed by atoms with van der Waals surface area (Å²) in [6.45, 7) is 1.89. The van der Waals surface area contributed by atoms with Crippen molar-refractivity contribution in [2.75, 3.05) is 19.5 Å². The minimum Gasteiger partial charge on any atom is -0.493 e. The Morgan fingerprint density at radius 1 is 1.19 bits per heavy atom. The number of amides is 1. The maximum atomic E-state index is 12.2. The Labute approximate surface area is 131 Å². The predicted octanol–water partition coefficient (Wildman–Crippen LogP) is 3.42. The number of hydrogen-bond acceptors (Lipinski definition) is 4. The van der Waals surface area contributed by atoms with Crippen molar-refractivity contribution in [3.63, 3.8) is 0 Å². The fourth-order valence-electron chi connectivity index (χ4n) is 1.85. The highest BCUT2D eigenvalue weighted by atomic mass is 79.9. The van der Waals surface area contributed by atoms with Crippen LogP contribution in [0.4, 0.5) is 5.69 Å². The molecule has 0 saturated carbocycles. The summed E-state index contributed by atoms with van der Waals surface area (Å²) in [5, 5.41) is 2.86. The lowest BCUT2D eigenvalue weighted by Crippen LogP contribution is -2.13. The first kappa shape index (κ1) is 15.3. The third-order valence-electron chi connectivity index (χ3n) is 2.97. The molecule has 0 bridgehead atoms. The minimum atomic E-state index is -0.214. The zero-order chi connectivity index (χ0) is 15.4. The summed E-state index contributed by atoms with van der Waals surface area (Å²) in [5.41, 5.74) is 2.07. The number of pyridine rings is 1. The van der Waals surface area contributed by atoms with Crippen molar-refractivity contribution < 1.29 is 14.3 Å². The number of ether oxygens (including phenoxy) is 2. The molecule has 0 aliphatic carbocycles. The van der Waals surface area contributed by atoms with Crippen LogP contribution in [0, 0.1) is 6.92 Å². The number of carbonyl (C=O) groups excluding carboxylic acids is 1. The minimum absolute atomic E-state index is 0.214. The molecule has 0 spiro atoms. The summed E-state index contributed by atoms with van der Waals surface area (Å²) in [7, 11) is 3.13. The van der Waals surface area contributed by atoms with E-state index in [2.05, 4.69) is 26.2 Å². The van der Waals surface area contributed by atoms with E-state index in [4.69, 9.17) is 9.47 Å². The molecule has 0 radical (unpaired) electrons. The third-order valence-corrected chi connectivity index (χ3v) is 3.40. The molecule has 0 unspecified atom stereocenters. The number of rotatable bonds is 4. The molecule has 0 saturated heterocycles. The first-order chi connectivity index (χ1) is 10.0. The van der Waals surface area contributed by atoms with Crippen LogP contribution in [0.1, 0.15) is 15.9 Å². The van der Waals surface area contributed by atoms with Gasteiger partial charge in [0.05, 0.1) is 14.2 Å². The van der Waals surface area contributed by atoms with Crippen molar-refractivity contribution in [3.05, 3.63) is 46.2 Å². The van der Waals surface area contributed by atoms with Gasteiger partial charge in [-0.2, -0.15) is 0 Å². The van der Waals surface area contributed by atoms with Crippen molar-refractivity contribution in [1.82, 2.24) is 4.98 Å². The van der Waals surface area contributed by atoms with Gasteiger partial charge < -0.3 is 14.8 Å². The van der Waals surface area contributed by atoms with Crippen LogP contribution in [0.5, 0.6) is 11.5 Å². The SMILES string of the molecule is COc1cc(C)c(NC(=O)c2ccnc(Br)c2)cc1OC. The van der Waals surface area contributed by atoms with Gasteiger partial charge in [0, 0.05) is 23.5 Å². The standard InChI is InChI=1S/C15H15BrN2O3/c1-9-6-12(20-2)13(21-3)8-11(9)18-15(19)10-4-5-17-14(16)7-10/h4-8H,1-3H3,(H,18,19). The van der Waals surface area contributed by atoms with Gasteiger partial charge >= 0.3 is 0 Å². The molecule has 1 amide bonds. The van der Waals surface area contributed by atoms with E-state index in [9.17, 15) is 4.79 Å². The largest absolute Gasteiger partial charge is 0.493 e. The summed E-state index contributed by atoms with van der Waals surface area (Å²) >= 11 is 3.24. The fraction of sp³-hybridized carbons (Fsp3) is 0.200. The first-order valence-corrected chi connectivity index (χ1v) is 7.00. The van der Waals surface area contributed by atoms with Crippen molar-refractivity contribution in [3.8, 4) is 11.5 Å². The fourth-order valence-corrected chi connectivity index (χ4v) is 2.22. The topological polar surface area (TPSA) is 60.5 Å². The highest BCUT2D eigenvalue weighted by Gasteiger charge is 2.12. The van der Waals surface area contributed by atoms with Gasteiger partial charge in [0.25, 0.3) is 5.91 Å². The number of hydrogen-bond donors (Lipinski definition) is 1. The maximum Gasteiger partial charge on any atom is 0.255 e. The molecule has 2 aromatic rings. The van der Waals surface area contributed by atoms with Crippen LogP contribution < -0.4 is 14.8 Å². The lowest BCUT2D eigenvalue weighted by Gasteiger charge is -2.13. The molecule has 1 heterocycles. The molecule has 0 atom stereocenters. The molecule has 1 N–H and O–H groups in total. The predicted molar refractivity (Wildman–Crippen MR) is 84.2 cm³/mol. The van der Waals surface area contributed by atoms with E-state index in [0.717, 1.165) is 5.56 Å². The van der Waals surface area contributed by atoms with Gasteiger partial charge in [-0.25, -0.2) is 4.98 Å². The second-order valence-corrected chi connectivity index (χ2v) is 5.16. The number of carbonyl (C=O) groups is 1. The molecule has 6 heteroatoms. The smallest absolute Gasteiger partial charge is 0.255 e. The van der Waals surface area contributed by atoms with Crippen LogP contribution in [0.3, 0.4) is 0 Å². The summed E-state index contributed by atoms with van der Waals surface area (Å²) in [5.74, 6) is 0.974. The highest BCUT2D eigenvalue weighted by molar-refractivity contribution is 9.10. The zero-order valence-corrected chi connectivity index (χ0v) is 13.5. The van der Waals surface area contributed by atoms with Crippen LogP contribution in [-0.2, 0) is 0 Å². The first-order valence-electron chi connectivity index (χ1n) is 6.20. The molecule has 0 aliphatic rings. The highest BCUT2D eigenvalue weighted by Crippen LogP contribution is 2.33. The molecule has 110 valence electrons. The van der Waals surface area contributed by atoms with Crippen molar-refractivity contribution in [2.24, 2.45) is 0 Å². The van der Waals surface area contributed by atoms with Crippen LogP contribution in [0.15, 0.2) is 35.1 Å². The lowest BCUT2D eigenvalue weighted by atomic mass is 10.1. The molecule has 0 aliphatic heterocycles. The molecule has 1 aromatic heterocycles. The molecule has 0 fully saturated rings. The Bertz CT molecular complexity index is 674. The molecule has 2 rings (SSSR count). The number of nitrogens with zero attached hydrogens (tertiary/aromatic N) is 1. The average molecular weight is 351 g/mol. The Kier molecular flexibility index (Phi) is 4.80. The third kappa shape index (κ3) is 3.52. The van der Waals surface area contributed by atoms with E-state index in [-0.39, 0.29) is 5.91 Å². The number of aryl methyl sites for hydroxylation is 1. The second-order valence-electron chi connectivity index (χ2n) is 4.34. The van der Waals surface area contributed by atoms with Gasteiger partial charge in [-0.05, 0) is 46.6 Å². The van der Waals surface area contributed by atoms with Gasteiger partial charge in [-0.3, -0.25) is 4.79 Å². The van der Waals surface area contributed by atoms with Gasteiger partial charge in [-0.1, -0.05) is 0 Å². The number of aromatic nitrogens is 1. The van der Waals surface area contributed by atoms with Crippen molar-refractivity contribution >= 4 is 27.5 Å². The van der Waals surface area contributed by atoms with Crippen molar-refractivity contribution in [2.45, 2.75) is 6.92 Å².